The number of carbonyl (C=O) groups is 2. The summed E-state index contributed by atoms with van der Waals surface area (Å²) in [6, 6.07) is 0. The number of aromatic nitrogens is 1. The highest BCUT2D eigenvalue weighted by atomic mass is 32.1. The first-order valence-electron chi connectivity index (χ1n) is 6.86. The zero-order chi connectivity index (χ0) is 14.8. The largest absolute Gasteiger partial charge is 0.479 e. The van der Waals surface area contributed by atoms with Gasteiger partial charge in [-0.2, -0.15) is 0 Å². The molecule has 2 aliphatic rings. The van der Waals surface area contributed by atoms with E-state index in [0.29, 0.717) is 11.4 Å². The number of aliphatic carboxylic acids is 1. The summed E-state index contributed by atoms with van der Waals surface area (Å²) in [5.74, 6) is -1.23. The molecule has 21 heavy (non-hydrogen) atoms. The van der Waals surface area contributed by atoms with Crippen molar-refractivity contribution in [2.75, 3.05) is 26.3 Å². The number of nitrogens with zero attached hydrogens (tertiary/aromatic N) is 2. The Morgan fingerprint density at radius 2 is 2.24 bits per heavy atom. The highest BCUT2D eigenvalue weighted by Crippen LogP contribution is 2.31. The molecule has 1 aromatic heterocycles. The smallest absolute Gasteiger partial charge is 0.334 e. The Kier molecular flexibility index (Phi) is 4.18. The topological polar surface area (TPSA) is 89.0 Å². The summed E-state index contributed by atoms with van der Waals surface area (Å²) in [7, 11) is 0. The van der Waals surface area contributed by atoms with Gasteiger partial charge in [-0.15, -0.1) is 11.3 Å². The molecule has 114 valence electrons. The van der Waals surface area contributed by atoms with Gasteiger partial charge in [-0.3, -0.25) is 4.79 Å². The average Bonchev–Trinajstić information content (AvgIpc) is 3.17. The van der Waals surface area contributed by atoms with Gasteiger partial charge in [-0.1, -0.05) is 0 Å². The first kappa shape index (κ1) is 14.4. The van der Waals surface area contributed by atoms with E-state index in [-0.39, 0.29) is 25.2 Å². The summed E-state index contributed by atoms with van der Waals surface area (Å²) >= 11 is 1.33. The average molecular weight is 312 g/mol. The number of rotatable bonds is 3. The number of carboxylic acids is 1. The third kappa shape index (κ3) is 3.07. The minimum Gasteiger partial charge on any atom is -0.479 e. The molecule has 2 unspecified atom stereocenters. The number of carbonyl (C=O) groups excluding carboxylic acids is 1. The van der Waals surface area contributed by atoms with E-state index in [1.165, 1.54) is 16.2 Å². The number of amides is 1. The van der Waals surface area contributed by atoms with Crippen molar-refractivity contribution in [3.8, 4) is 0 Å². The van der Waals surface area contributed by atoms with Crippen molar-refractivity contribution in [2.24, 2.45) is 0 Å². The molecule has 0 radical (unpaired) electrons. The van der Waals surface area contributed by atoms with Gasteiger partial charge in [0.25, 0.3) is 5.91 Å². The highest BCUT2D eigenvalue weighted by molar-refractivity contribution is 7.13. The third-order valence-electron chi connectivity index (χ3n) is 3.57. The van der Waals surface area contributed by atoms with Crippen molar-refractivity contribution in [1.29, 1.82) is 0 Å². The van der Waals surface area contributed by atoms with E-state index in [9.17, 15) is 9.59 Å². The molecule has 8 heteroatoms. The van der Waals surface area contributed by atoms with Crippen molar-refractivity contribution in [1.82, 2.24) is 9.88 Å². The molecule has 0 aliphatic carbocycles. The van der Waals surface area contributed by atoms with Gasteiger partial charge in [0.15, 0.2) is 6.10 Å². The Balaban J connectivity index is 1.68. The van der Waals surface area contributed by atoms with E-state index < -0.39 is 12.1 Å². The predicted molar refractivity (Wildman–Crippen MR) is 73.3 cm³/mol. The second kappa shape index (κ2) is 6.08. The van der Waals surface area contributed by atoms with Gasteiger partial charge in [-0.25, -0.2) is 9.78 Å². The Morgan fingerprint density at radius 3 is 2.95 bits per heavy atom. The summed E-state index contributed by atoms with van der Waals surface area (Å²) in [5.41, 5.74) is 0. The number of carboxylic acid groups (broad SMARTS) is 1. The maximum absolute atomic E-state index is 12.4. The van der Waals surface area contributed by atoms with Crippen molar-refractivity contribution in [2.45, 2.75) is 25.0 Å². The van der Waals surface area contributed by atoms with Gasteiger partial charge < -0.3 is 19.5 Å². The molecule has 0 aromatic carbocycles. The zero-order valence-electron chi connectivity index (χ0n) is 11.4. The predicted octanol–water partition coefficient (Wildman–Crippen LogP) is 0.920. The lowest BCUT2D eigenvalue weighted by molar-refractivity contribution is -0.154. The number of morpholine rings is 1. The first-order valence-corrected chi connectivity index (χ1v) is 7.68. The summed E-state index contributed by atoms with van der Waals surface area (Å²) in [6.07, 6.45) is 2.54. The third-order valence-corrected chi connectivity index (χ3v) is 4.65. The molecule has 2 atom stereocenters. The zero-order valence-corrected chi connectivity index (χ0v) is 12.2. The second-order valence-electron chi connectivity index (χ2n) is 5.01. The van der Waals surface area contributed by atoms with Crippen LogP contribution in [0.1, 0.15) is 33.6 Å². The van der Waals surface area contributed by atoms with Crippen LogP contribution in [0.15, 0.2) is 6.20 Å². The van der Waals surface area contributed by atoms with Crippen LogP contribution < -0.4 is 0 Å². The van der Waals surface area contributed by atoms with Crippen molar-refractivity contribution < 1.29 is 24.2 Å². The standard InChI is InChI=1S/C13H16N2O5S/c16-12(15-3-5-20-9(7-15)13(17)18)10-6-14-11(21-10)8-2-1-4-19-8/h6,8-9H,1-5,7H2,(H,17,18). The SMILES string of the molecule is O=C(O)C1CN(C(=O)c2cnc(C3CCCO3)s2)CCO1. The van der Waals surface area contributed by atoms with Crippen LogP contribution in [-0.4, -0.2) is 59.3 Å². The molecular formula is C13H16N2O5S. The number of thiazole rings is 1. The Bertz CT molecular complexity index is 540. The summed E-state index contributed by atoms with van der Waals surface area (Å²) in [6.45, 7) is 1.44. The first-order chi connectivity index (χ1) is 10.1. The van der Waals surface area contributed by atoms with Gasteiger partial charge >= 0.3 is 5.97 Å². The molecule has 3 heterocycles. The monoisotopic (exact) mass is 312 g/mol. The fourth-order valence-electron chi connectivity index (χ4n) is 2.45. The molecule has 1 aromatic rings. The number of ether oxygens (including phenoxy) is 2. The molecular weight excluding hydrogens is 296 g/mol. The van der Waals surface area contributed by atoms with Crippen LogP contribution in [0, 0.1) is 0 Å². The summed E-state index contributed by atoms with van der Waals surface area (Å²) in [5, 5.41) is 9.79. The molecule has 0 spiro atoms. The van der Waals surface area contributed by atoms with E-state index in [0.717, 1.165) is 24.5 Å². The molecule has 0 bridgehead atoms. The van der Waals surface area contributed by atoms with Gasteiger partial charge in [0, 0.05) is 13.2 Å². The van der Waals surface area contributed by atoms with Crippen LogP contribution >= 0.6 is 11.3 Å². The van der Waals surface area contributed by atoms with Crippen LogP contribution in [0.3, 0.4) is 0 Å². The lowest BCUT2D eigenvalue weighted by Crippen LogP contribution is -2.48. The lowest BCUT2D eigenvalue weighted by atomic mass is 10.2. The van der Waals surface area contributed by atoms with Gasteiger partial charge in [0.05, 0.1) is 19.3 Å². The van der Waals surface area contributed by atoms with Crippen LogP contribution in [0.5, 0.6) is 0 Å². The maximum Gasteiger partial charge on any atom is 0.334 e. The molecule has 2 saturated heterocycles. The quantitative estimate of drug-likeness (QED) is 0.893. The fourth-order valence-corrected chi connectivity index (χ4v) is 3.42. The normalized spacial score (nSPS) is 26.0. The number of hydrogen-bond donors (Lipinski definition) is 1. The second-order valence-corrected chi connectivity index (χ2v) is 6.08. The Labute approximate surface area is 125 Å². The maximum atomic E-state index is 12.4. The van der Waals surface area contributed by atoms with Crippen LogP contribution in [0.2, 0.25) is 0 Å². The summed E-state index contributed by atoms with van der Waals surface area (Å²) < 4.78 is 10.7. The van der Waals surface area contributed by atoms with Gasteiger partial charge in [0.2, 0.25) is 0 Å². The van der Waals surface area contributed by atoms with Crippen LogP contribution in [0.4, 0.5) is 0 Å². The molecule has 1 N–H and O–H groups in total. The highest BCUT2D eigenvalue weighted by Gasteiger charge is 2.31. The van der Waals surface area contributed by atoms with E-state index in [1.807, 2.05) is 0 Å². The molecule has 2 aliphatic heterocycles. The van der Waals surface area contributed by atoms with E-state index in [4.69, 9.17) is 14.6 Å². The van der Waals surface area contributed by atoms with E-state index in [2.05, 4.69) is 4.98 Å². The molecule has 7 nitrogen and oxygen atoms in total. The van der Waals surface area contributed by atoms with E-state index in [1.54, 1.807) is 6.20 Å². The van der Waals surface area contributed by atoms with E-state index >= 15 is 0 Å². The molecule has 3 rings (SSSR count). The minimum atomic E-state index is -1.04. The fraction of sp³-hybridized carbons (Fsp3) is 0.615. The van der Waals surface area contributed by atoms with Crippen LogP contribution in [0.25, 0.3) is 0 Å². The van der Waals surface area contributed by atoms with Gasteiger partial charge in [0.1, 0.15) is 16.0 Å². The van der Waals surface area contributed by atoms with Crippen molar-refractivity contribution in [3.05, 3.63) is 16.1 Å². The minimum absolute atomic E-state index is 0.00647. The lowest BCUT2D eigenvalue weighted by Gasteiger charge is -2.30. The Hall–Kier alpha value is -1.51. The molecule has 2 fully saturated rings. The van der Waals surface area contributed by atoms with Gasteiger partial charge in [-0.05, 0) is 12.8 Å². The number of hydrogen-bond acceptors (Lipinski definition) is 6. The summed E-state index contributed by atoms with van der Waals surface area (Å²) in [4.78, 5) is 29.6. The van der Waals surface area contributed by atoms with Crippen molar-refractivity contribution in [3.63, 3.8) is 0 Å². The van der Waals surface area contributed by atoms with Crippen LogP contribution in [-0.2, 0) is 14.3 Å². The molecule has 0 saturated carbocycles. The van der Waals surface area contributed by atoms with Crippen molar-refractivity contribution >= 4 is 23.2 Å². The molecule has 1 amide bonds. The Morgan fingerprint density at radius 1 is 1.38 bits per heavy atom.